The van der Waals surface area contributed by atoms with Crippen LogP contribution in [-0.2, 0) is 13.0 Å². The molecule has 0 fully saturated rings. The lowest BCUT2D eigenvalue weighted by atomic mass is 10.1. The predicted octanol–water partition coefficient (Wildman–Crippen LogP) is 2.43. The second-order valence-corrected chi connectivity index (χ2v) is 4.10. The van der Waals surface area contributed by atoms with Crippen molar-refractivity contribution in [3.63, 3.8) is 0 Å². The van der Waals surface area contributed by atoms with Crippen LogP contribution in [0.3, 0.4) is 0 Å². The lowest BCUT2D eigenvalue weighted by Gasteiger charge is -2.08. The fourth-order valence-electron chi connectivity index (χ4n) is 2.17. The Labute approximate surface area is 103 Å². The molecule has 1 heterocycles. The molecule has 0 atom stereocenters. The second kappa shape index (κ2) is 5.56. The fourth-order valence-corrected chi connectivity index (χ4v) is 2.17. The molecule has 1 aromatic carbocycles. The number of nitrogens with zero attached hydrogens (tertiary/aromatic N) is 1. The van der Waals surface area contributed by atoms with Crippen molar-refractivity contribution in [3.8, 4) is 12.3 Å². The van der Waals surface area contributed by atoms with Crippen LogP contribution in [-0.4, -0.2) is 17.7 Å². The molecule has 0 saturated heterocycles. The second-order valence-electron chi connectivity index (χ2n) is 4.10. The standard InChI is InChI=1S/C15H18N2/c1-3-9-16-10-12-17-11-8-14-7-5-6-13(4-2)15(14)17/h1,5-8,11,16H,4,9-10,12H2,2H3. The van der Waals surface area contributed by atoms with Crippen LogP contribution in [0.25, 0.3) is 10.9 Å². The molecule has 2 nitrogen and oxygen atoms in total. The number of para-hydroxylation sites is 1. The van der Waals surface area contributed by atoms with Crippen molar-refractivity contribution in [2.24, 2.45) is 0 Å². The van der Waals surface area contributed by atoms with Crippen molar-refractivity contribution in [2.45, 2.75) is 19.9 Å². The van der Waals surface area contributed by atoms with Crippen molar-refractivity contribution in [1.82, 2.24) is 9.88 Å². The SMILES string of the molecule is C#CCNCCn1ccc2cccc(CC)c21. The Bertz CT molecular complexity index is 531. The number of hydrogen-bond acceptors (Lipinski definition) is 1. The largest absolute Gasteiger partial charge is 0.346 e. The van der Waals surface area contributed by atoms with Crippen LogP contribution in [0.5, 0.6) is 0 Å². The Hall–Kier alpha value is -1.72. The number of terminal acetylenes is 1. The molecule has 2 aromatic rings. The van der Waals surface area contributed by atoms with Gasteiger partial charge in [0, 0.05) is 19.3 Å². The van der Waals surface area contributed by atoms with Gasteiger partial charge in [-0.2, -0.15) is 0 Å². The van der Waals surface area contributed by atoms with Gasteiger partial charge in [0.25, 0.3) is 0 Å². The first kappa shape index (κ1) is 11.8. The van der Waals surface area contributed by atoms with E-state index < -0.39 is 0 Å². The van der Waals surface area contributed by atoms with E-state index in [9.17, 15) is 0 Å². The smallest absolute Gasteiger partial charge is 0.0574 e. The summed E-state index contributed by atoms with van der Waals surface area (Å²) in [7, 11) is 0. The number of hydrogen-bond donors (Lipinski definition) is 1. The highest BCUT2D eigenvalue weighted by atomic mass is 15.0. The average Bonchev–Trinajstić information content (AvgIpc) is 2.78. The van der Waals surface area contributed by atoms with E-state index >= 15 is 0 Å². The van der Waals surface area contributed by atoms with Crippen molar-refractivity contribution < 1.29 is 0 Å². The Morgan fingerprint density at radius 1 is 1.35 bits per heavy atom. The number of aromatic nitrogens is 1. The van der Waals surface area contributed by atoms with Gasteiger partial charge >= 0.3 is 0 Å². The molecule has 0 radical (unpaired) electrons. The third kappa shape index (κ3) is 2.51. The van der Waals surface area contributed by atoms with Crippen molar-refractivity contribution >= 4 is 10.9 Å². The lowest BCUT2D eigenvalue weighted by molar-refractivity contribution is 0.643. The first-order valence-corrected chi connectivity index (χ1v) is 6.07. The summed E-state index contributed by atoms with van der Waals surface area (Å²) in [4.78, 5) is 0. The number of fused-ring (bicyclic) bond motifs is 1. The van der Waals surface area contributed by atoms with E-state index in [1.807, 2.05) is 0 Å². The molecule has 0 spiro atoms. The molecule has 0 saturated carbocycles. The Morgan fingerprint density at radius 3 is 3.00 bits per heavy atom. The summed E-state index contributed by atoms with van der Waals surface area (Å²) in [6, 6.07) is 8.67. The first-order valence-electron chi connectivity index (χ1n) is 6.07. The summed E-state index contributed by atoms with van der Waals surface area (Å²) in [6.07, 6.45) is 8.43. The van der Waals surface area contributed by atoms with Gasteiger partial charge < -0.3 is 9.88 Å². The summed E-state index contributed by atoms with van der Waals surface area (Å²) in [6.45, 7) is 4.71. The van der Waals surface area contributed by atoms with E-state index in [0.717, 1.165) is 19.5 Å². The highest BCUT2D eigenvalue weighted by Gasteiger charge is 2.04. The monoisotopic (exact) mass is 226 g/mol. The highest BCUT2D eigenvalue weighted by Crippen LogP contribution is 2.20. The number of nitrogens with one attached hydrogen (secondary N) is 1. The zero-order valence-electron chi connectivity index (χ0n) is 10.2. The third-order valence-corrected chi connectivity index (χ3v) is 3.01. The van der Waals surface area contributed by atoms with Gasteiger partial charge in [0.1, 0.15) is 0 Å². The van der Waals surface area contributed by atoms with Gasteiger partial charge in [-0.05, 0) is 23.4 Å². The van der Waals surface area contributed by atoms with E-state index in [1.54, 1.807) is 0 Å². The Morgan fingerprint density at radius 2 is 2.24 bits per heavy atom. The molecule has 88 valence electrons. The van der Waals surface area contributed by atoms with E-state index in [1.165, 1.54) is 16.5 Å². The van der Waals surface area contributed by atoms with E-state index in [4.69, 9.17) is 6.42 Å². The Kier molecular flexibility index (Phi) is 3.85. The number of benzene rings is 1. The average molecular weight is 226 g/mol. The van der Waals surface area contributed by atoms with E-state index in [2.05, 4.69) is 53.2 Å². The van der Waals surface area contributed by atoms with Crippen LogP contribution in [0.1, 0.15) is 12.5 Å². The lowest BCUT2D eigenvalue weighted by Crippen LogP contribution is -2.19. The molecular formula is C15H18N2. The van der Waals surface area contributed by atoms with Gasteiger partial charge in [0.05, 0.1) is 12.1 Å². The maximum Gasteiger partial charge on any atom is 0.0574 e. The van der Waals surface area contributed by atoms with Gasteiger partial charge in [0.15, 0.2) is 0 Å². The van der Waals surface area contributed by atoms with Crippen LogP contribution >= 0.6 is 0 Å². The molecule has 1 N–H and O–H groups in total. The summed E-state index contributed by atoms with van der Waals surface area (Å²) in [5.41, 5.74) is 2.77. The molecule has 0 aliphatic carbocycles. The summed E-state index contributed by atoms with van der Waals surface area (Å²) < 4.78 is 2.30. The van der Waals surface area contributed by atoms with E-state index in [-0.39, 0.29) is 0 Å². The minimum atomic E-state index is 0.639. The first-order chi connectivity index (χ1) is 8.36. The Balaban J connectivity index is 2.20. The topological polar surface area (TPSA) is 17.0 Å². The molecule has 2 heteroatoms. The number of aryl methyl sites for hydroxylation is 1. The normalized spacial score (nSPS) is 10.6. The molecule has 0 aliphatic heterocycles. The van der Waals surface area contributed by atoms with Gasteiger partial charge in [-0.1, -0.05) is 31.0 Å². The summed E-state index contributed by atoms with van der Waals surface area (Å²) >= 11 is 0. The van der Waals surface area contributed by atoms with Crippen molar-refractivity contribution in [1.29, 1.82) is 0 Å². The maximum absolute atomic E-state index is 5.20. The van der Waals surface area contributed by atoms with Crippen LogP contribution in [0, 0.1) is 12.3 Å². The zero-order chi connectivity index (χ0) is 12.1. The highest BCUT2D eigenvalue weighted by molar-refractivity contribution is 5.83. The quantitative estimate of drug-likeness (QED) is 0.612. The summed E-state index contributed by atoms with van der Waals surface area (Å²) in [5.74, 6) is 2.59. The zero-order valence-corrected chi connectivity index (χ0v) is 10.2. The minimum Gasteiger partial charge on any atom is -0.346 e. The van der Waals surface area contributed by atoms with Gasteiger partial charge in [0.2, 0.25) is 0 Å². The fraction of sp³-hybridized carbons (Fsp3) is 0.333. The van der Waals surface area contributed by atoms with Crippen molar-refractivity contribution in [2.75, 3.05) is 13.1 Å². The third-order valence-electron chi connectivity index (χ3n) is 3.01. The molecule has 0 unspecified atom stereocenters. The van der Waals surface area contributed by atoms with Crippen LogP contribution in [0.15, 0.2) is 30.5 Å². The molecule has 0 amide bonds. The molecular weight excluding hydrogens is 208 g/mol. The van der Waals surface area contributed by atoms with E-state index in [0.29, 0.717) is 6.54 Å². The van der Waals surface area contributed by atoms with Crippen molar-refractivity contribution in [3.05, 3.63) is 36.0 Å². The molecule has 17 heavy (non-hydrogen) atoms. The van der Waals surface area contributed by atoms with Gasteiger partial charge in [-0.25, -0.2) is 0 Å². The van der Waals surface area contributed by atoms with Crippen LogP contribution in [0.2, 0.25) is 0 Å². The number of rotatable bonds is 5. The summed E-state index contributed by atoms with van der Waals surface area (Å²) in [5, 5.41) is 4.54. The predicted molar refractivity (Wildman–Crippen MR) is 73.0 cm³/mol. The van der Waals surface area contributed by atoms with Gasteiger partial charge in [-0.15, -0.1) is 6.42 Å². The van der Waals surface area contributed by atoms with Crippen LogP contribution < -0.4 is 5.32 Å². The van der Waals surface area contributed by atoms with Crippen LogP contribution in [0.4, 0.5) is 0 Å². The van der Waals surface area contributed by atoms with Gasteiger partial charge in [-0.3, -0.25) is 0 Å². The molecule has 0 bridgehead atoms. The maximum atomic E-state index is 5.20. The minimum absolute atomic E-state index is 0.639. The molecule has 2 rings (SSSR count). The molecule has 1 aromatic heterocycles. The molecule has 0 aliphatic rings.